The van der Waals surface area contributed by atoms with E-state index in [1.54, 1.807) is 0 Å². The van der Waals surface area contributed by atoms with E-state index in [0.717, 1.165) is 19.4 Å². The van der Waals surface area contributed by atoms with E-state index in [4.69, 9.17) is 4.52 Å². The van der Waals surface area contributed by atoms with Gasteiger partial charge in [0.25, 0.3) is 0 Å². The molecule has 1 saturated heterocycles. The quantitative estimate of drug-likeness (QED) is 0.627. The third kappa shape index (κ3) is 1.47. The normalized spacial score (nSPS) is 23.6. The highest BCUT2D eigenvalue weighted by atomic mass is 16.5. The van der Waals surface area contributed by atoms with Gasteiger partial charge in [-0.15, -0.1) is 0 Å². The molecular formula is C8H11N3O2. The van der Waals surface area contributed by atoms with Gasteiger partial charge in [0.15, 0.2) is 6.29 Å². The number of carbonyl (C=O) groups is 1. The van der Waals surface area contributed by atoms with Crippen LogP contribution in [-0.2, 0) is 0 Å². The summed E-state index contributed by atoms with van der Waals surface area (Å²) in [6.45, 7) is 1.05. The standard InChI is InChI=1S/C8H11N3O2/c1-11-4-2-3-6(11)8-9-7(5-12)10-13-8/h5-6H,2-4H2,1H3. The van der Waals surface area contributed by atoms with E-state index in [1.807, 2.05) is 7.05 Å². The van der Waals surface area contributed by atoms with Gasteiger partial charge in [-0.2, -0.15) is 4.98 Å². The molecule has 70 valence electrons. The SMILES string of the molecule is CN1CCCC1c1nc(C=O)no1. The van der Waals surface area contributed by atoms with Crippen molar-refractivity contribution in [2.75, 3.05) is 13.6 Å². The molecule has 13 heavy (non-hydrogen) atoms. The van der Waals surface area contributed by atoms with Crippen molar-refractivity contribution < 1.29 is 9.32 Å². The van der Waals surface area contributed by atoms with Crippen LogP contribution in [-0.4, -0.2) is 34.9 Å². The maximum absolute atomic E-state index is 10.3. The zero-order valence-corrected chi connectivity index (χ0v) is 7.43. The number of aromatic nitrogens is 2. The second-order valence-electron chi connectivity index (χ2n) is 3.25. The second kappa shape index (κ2) is 3.26. The first-order chi connectivity index (χ1) is 6.31. The van der Waals surface area contributed by atoms with Crippen LogP contribution in [0.2, 0.25) is 0 Å². The van der Waals surface area contributed by atoms with Gasteiger partial charge in [0.2, 0.25) is 11.7 Å². The lowest BCUT2D eigenvalue weighted by Crippen LogP contribution is -2.17. The fraction of sp³-hybridized carbons (Fsp3) is 0.625. The van der Waals surface area contributed by atoms with Crippen LogP contribution in [0, 0.1) is 0 Å². The zero-order valence-electron chi connectivity index (χ0n) is 7.43. The molecule has 0 bridgehead atoms. The Kier molecular flexibility index (Phi) is 2.10. The van der Waals surface area contributed by atoms with E-state index < -0.39 is 0 Å². The summed E-state index contributed by atoms with van der Waals surface area (Å²) in [6.07, 6.45) is 2.76. The van der Waals surface area contributed by atoms with Gasteiger partial charge < -0.3 is 4.52 Å². The molecule has 1 unspecified atom stereocenters. The Morgan fingerprint density at radius 1 is 1.69 bits per heavy atom. The molecule has 1 atom stereocenters. The van der Waals surface area contributed by atoms with E-state index in [2.05, 4.69) is 15.0 Å². The largest absolute Gasteiger partial charge is 0.337 e. The van der Waals surface area contributed by atoms with E-state index in [9.17, 15) is 4.79 Å². The molecular weight excluding hydrogens is 170 g/mol. The minimum Gasteiger partial charge on any atom is -0.337 e. The Balaban J connectivity index is 2.19. The summed E-state index contributed by atoms with van der Waals surface area (Å²) in [7, 11) is 2.02. The van der Waals surface area contributed by atoms with Gasteiger partial charge in [0.1, 0.15) is 0 Å². The van der Waals surface area contributed by atoms with Crippen molar-refractivity contribution in [1.82, 2.24) is 15.0 Å². The fourth-order valence-corrected chi connectivity index (χ4v) is 1.65. The summed E-state index contributed by atoms with van der Waals surface area (Å²) in [5.74, 6) is 0.692. The molecule has 5 nitrogen and oxygen atoms in total. The lowest BCUT2D eigenvalue weighted by Gasteiger charge is -2.13. The number of carbonyl (C=O) groups excluding carboxylic acids is 1. The minimum atomic E-state index is 0.135. The second-order valence-corrected chi connectivity index (χ2v) is 3.25. The summed E-state index contributed by atoms with van der Waals surface area (Å²) in [5, 5.41) is 3.53. The van der Waals surface area contributed by atoms with Crippen molar-refractivity contribution in [3.63, 3.8) is 0 Å². The Morgan fingerprint density at radius 3 is 3.08 bits per heavy atom. The molecule has 5 heteroatoms. The van der Waals surface area contributed by atoms with Crippen LogP contribution in [0.1, 0.15) is 35.4 Å². The van der Waals surface area contributed by atoms with E-state index >= 15 is 0 Å². The number of hydrogen-bond acceptors (Lipinski definition) is 5. The number of nitrogens with zero attached hydrogens (tertiary/aromatic N) is 3. The third-order valence-corrected chi connectivity index (χ3v) is 2.37. The highest BCUT2D eigenvalue weighted by Gasteiger charge is 2.27. The van der Waals surface area contributed by atoms with Crippen molar-refractivity contribution in [2.45, 2.75) is 18.9 Å². The van der Waals surface area contributed by atoms with Crippen LogP contribution >= 0.6 is 0 Å². The summed E-state index contributed by atoms with van der Waals surface area (Å²) in [4.78, 5) is 16.4. The Morgan fingerprint density at radius 2 is 2.54 bits per heavy atom. The van der Waals surface area contributed by atoms with Gasteiger partial charge in [-0.3, -0.25) is 9.69 Å². The number of rotatable bonds is 2. The molecule has 1 aliphatic rings. The van der Waals surface area contributed by atoms with Gasteiger partial charge in [-0.25, -0.2) is 0 Å². The molecule has 0 amide bonds. The highest BCUT2D eigenvalue weighted by molar-refractivity contribution is 5.68. The molecule has 2 rings (SSSR count). The molecule has 0 radical (unpaired) electrons. The van der Waals surface area contributed by atoms with Crippen molar-refractivity contribution in [2.24, 2.45) is 0 Å². The smallest absolute Gasteiger partial charge is 0.244 e. The lowest BCUT2D eigenvalue weighted by molar-refractivity contribution is 0.111. The highest BCUT2D eigenvalue weighted by Crippen LogP contribution is 2.28. The molecule has 0 spiro atoms. The first-order valence-corrected chi connectivity index (χ1v) is 4.30. The molecule has 0 saturated carbocycles. The van der Waals surface area contributed by atoms with Crippen LogP contribution in [0.3, 0.4) is 0 Å². The molecule has 0 aliphatic carbocycles. The van der Waals surface area contributed by atoms with Crippen LogP contribution in [0.15, 0.2) is 4.52 Å². The van der Waals surface area contributed by atoms with Crippen LogP contribution < -0.4 is 0 Å². The lowest BCUT2D eigenvalue weighted by atomic mass is 10.2. The molecule has 1 aliphatic heterocycles. The summed E-state index contributed by atoms with van der Waals surface area (Å²) < 4.78 is 4.98. The maximum Gasteiger partial charge on any atom is 0.244 e. The van der Waals surface area contributed by atoms with Crippen molar-refractivity contribution >= 4 is 6.29 Å². The number of likely N-dealkylation sites (tertiary alicyclic amines) is 1. The molecule has 0 aromatic carbocycles. The van der Waals surface area contributed by atoms with Crippen molar-refractivity contribution in [3.8, 4) is 0 Å². The molecule has 1 aromatic rings. The molecule has 0 N–H and O–H groups in total. The van der Waals surface area contributed by atoms with E-state index in [0.29, 0.717) is 12.2 Å². The maximum atomic E-state index is 10.3. The molecule has 1 aromatic heterocycles. The average Bonchev–Trinajstić information content (AvgIpc) is 2.71. The Bertz CT molecular complexity index is 310. The van der Waals surface area contributed by atoms with Gasteiger partial charge in [-0.05, 0) is 26.4 Å². The first-order valence-electron chi connectivity index (χ1n) is 4.30. The van der Waals surface area contributed by atoms with Gasteiger partial charge in [0.05, 0.1) is 6.04 Å². The summed E-state index contributed by atoms with van der Waals surface area (Å²) in [5.41, 5.74) is 0. The summed E-state index contributed by atoms with van der Waals surface area (Å²) in [6, 6.07) is 0.196. The van der Waals surface area contributed by atoms with Crippen molar-refractivity contribution in [3.05, 3.63) is 11.7 Å². The van der Waals surface area contributed by atoms with Gasteiger partial charge >= 0.3 is 0 Å². The molecule has 2 heterocycles. The van der Waals surface area contributed by atoms with Gasteiger partial charge in [-0.1, -0.05) is 5.16 Å². The Labute approximate surface area is 75.7 Å². The average molecular weight is 181 g/mol. The minimum absolute atomic E-state index is 0.135. The van der Waals surface area contributed by atoms with Gasteiger partial charge in [0, 0.05) is 0 Å². The topological polar surface area (TPSA) is 59.2 Å². The predicted molar refractivity (Wildman–Crippen MR) is 44.3 cm³/mol. The summed E-state index contributed by atoms with van der Waals surface area (Å²) >= 11 is 0. The van der Waals surface area contributed by atoms with Crippen LogP contribution in [0.4, 0.5) is 0 Å². The first kappa shape index (κ1) is 8.37. The van der Waals surface area contributed by atoms with Crippen LogP contribution in [0.5, 0.6) is 0 Å². The monoisotopic (exact) mass is 181 g/mol. The van der Waals surface area contributed by atoms with E-state index in [1.165, 1.54) is 0 Å². The third-order valence-electron chi connectivity index (χ3n) is 2.37. The van der Waals surface area contributed by atoms with Crippen LogP contribution in [0.25, 0.3) is 0 Å². The predicted octanol–water partition coefficient (Wildman–Crippen LogP) is 0.649. The molecule has 1 fully saturated rings. The number of hydrogen-bond donors (Lipinski definition) is 0. The Hall–Kier alpha value is -1.23. The van der Waals surface area contributed by atoms with Crippen molar-refractivity contribution in [1.29, 1.82) is 0 Å². The van der Waals surface area contributed by atoms with E-state index in [-0.39, 0.29) is 11.9 Å². The number of aldehydes is 1. The fourth-order valence-electron chi connectivity index (χ4n) is 1.65. The zero-order chi connectivity index (χ0) is 9.26.